The fourth-order valence-corrected chi connectivity index (χ4v) is 3.78. The lowest BCUT2D eigenvalue weighted by Gasteiger charge is -2.31. The summed E-state index contributed by atoms with van der Waals surface area (Å²) in [4.78, 5) is 24.6. The third-order valence-corrected chi connectivity index (χ3v) is 5.08. The number of ether oxygens (including phenoxy) is 1. The monoisotopic (exact) mass is 296 g/mol. The quantitative estimate of drug-likeness (QED) is 0.613. The van der Waals surface area contributed by atoms with Crippen molar-refractivity contribution in [2.75, 3.05) is 7.11 Å². The molecule has 5 heteroatoms. The van der Waals surface area contributed by atoms with Crippen LogP contribution in [0.5, 0.6) is 0 Å². The highest BCUT2D eigenvalue weighted by Gasteiger charge is 2.41. The van der Waals surface area contributed by atoms with Crippen molar-refractivity contribution in [1.29, 1.82) is 0 Å². The van der Waals surface area contributed by atoms with Crippen LogP contribution in [-0.2, 0) is 14.3 Å². The number of hydrogen-bond donors (Lipinski definition) is 2. The first-order valence-electron chi connectivity index (χ1n) is 8.22. The Kier molecular flexibility index (Phi) is 5.62. The van der Waals surface area contributed by atoms with Gasteiger partial charge in [0.15, 0.2) is 0 Å². The number of amides is 1. The van der Waals surface area contributed by atoms with Gasteiger partial charge in [-0.2, -0.15) is 0 Å². The number of nitrogens with one attached hydrogen (secondary N) is 1. The highest BCUT2D eigenvalue weighted by molar-refractivity contribution is 5.88. The summed E-state index contributed by atoms with van der Waals surface area (Å²) in [6, 6.07) is 0.124. The summed E-state index contributed by atoms with van der Waals surface area (Å²) >= 11 is 0. The van der Waals surface area contributed by atoms with Crippen molar-refractivity contribution in [2.24, 2.45) is 11.7 Å². The topological polar surface area (TPSA) is 81.4 Å². The second-order valence-corrected chi connectivity index (χ2v) is 6.60. The summed E-state index contributed by atoms with van der Waals surface area (Å²) in [6.45, 7) is 0. The Balaban J connectivity index is 2.00. The minimum absolute atomic E-state index is 0.0513. The van der Waals surface area contributed by atoms with Crippen LogP contribution in [0.2, 0.25) is 0 Å². The van der Waals surface area contributed by atoms with Crippen molar-refractivity contribution in [3.8, 4) is 0 Å². The molecule has 0 aliphatic heterocycles. The van der Waals surface area contributed by atoms with Gasteiger partial charge in [-0.3, -0.25) is 4.79 Å². The van der Waals surface area contributed by atoms with E-state index in [1.807, 2.05) is 0 Å². The number of carbonyl (C=O) groups excluding carboxylic acids is 2. The number of rotatable bonds is 4. The van der Waals surface area contributed by atoms with E-state index in [0.29, 0.717) is 19.3 Å². The average Bonchev–Trinajstić information content (AvgIpc) is 2.73. The first-order chi connectivity index (χ1) is 10.1. The zero-order chi connectivity index (χ0) is 15.3. The van der Waals surface area contributed by atoms with Crippen molar-refractivity contribution >= 4 is 11.9 Å². The highest BCUT2D eigenvalue weighted by atomic mass is 16.5. The van der Waals surface area contributed by atoms with E-state index in [0.717, 1.165) is 44.9 Å². The minimum Gasteiger partial charge on any atom is -0.467 e. The molecule has 0 aromatic heterocycles. The van der Waals surface area contributed by atoms with Gasteiger partial charge in [0.1, 0.15) is 5.54 Å². The van der Waals surface area contributed by atoms with Crippen LogP contribution in [0.1, 0.15) is 64.2 Å². The summed E-state index contributed by atoms with van der Waals surface area (Å²) in [5.74, 6) is -0.0939. The first-order valence-corrected chi connectivity index (χ1v) is 8.22. The van der Waals surface area contributed by atoms with E-state index in [-0.39, 0.29) is 23.8 Å². The minimum atomic E-state index is -0.814. The molecule has 0 radical (unpaired) electrons. The van der Waals surface area contributed by atoms with E-state index < -0.39 is 5.54 Å². The fourth-order valence-electron chi connectivity index (χ4n) is 3.78. The van der Waals surface area contributed by atoms with Crippen molar-refractivity contribution in [3.05, 3.63) is 0 Å². The van der Waals surface area contributed by atoms with Gasteiger partial charge in [-0.25, -0.2) is 4.79 Å². The van der Waals surface area contributed by atoms with Gasteiger partial charge >= 0.3 is 5.97 Å². The van der Waals surface area contributed by atoms with E-state index in [4.69, 9.17) is 10.5 Å². The maximum Gasteiger partial charge on any atom is 0.331 e. The Morgan fingerprint density at radius 3 is 2.33 bits per heavy atom. The van der Waals surface area contributed by atoms with Crippen LogP contribution < -0.4 is 11.1 Å². The molecule has 2 saturated carbocycles. The van der Waals surface area contributed by atoms with Crippen molar-refractivity contribution in [1.82, 2.24) is 5.32 Å². The summed E-state index contributed by atoms with van der Waals surface area (Å²) < 4.78 is 4.96. The van der Waals surface area contributed by atoms with Gasteiger partial charge in [0, 0.05) is 12.5 Å². The summed E-state index contributed by atoms with van der Waals surface area (Å²) in [5.41, 5.74) is 5.22. The predicted molar refractivity (Wildman–Crippen MR) is 80.5 cm³/mol. The lowest BCUT2D eigenvalue weighted by molar-refractivity contribution is -0.151. The van der Waals surface area contributed by atoms with Crippen molar-refractivity contribution in [2.45, 2.75) is 75.8 Å². The van der Waals surface area contributed by atoms with Crippen LogP contribution in [0.25, 0.3) is 0 Å². The predicted octanol–water partition coefficient (Wildman–Crippen LogP) is 1.89. The maximum atomic E-state index is 12.4. The molecule has 1 amide bonds. The lowest BCUT2D eigenvalue weighted by atomic mass is 9.89. The molecule has 0 saturated heterocycles. The van der Waals surface area contributed by atoms with E-state index in [9.17, 15) is 9.59 Å². The molecule has 3 N–H and O–H groups in total. The standard InChI is InChI=1S/C16H28N2O3/c1-21-15(20)16(9-4-2-3-5-10-16)18-14(19)11-12-7-6-8-13(12)17/h12-13H,2-11,17H2,1H3,(H,18,19)/t12-,13+/m0/s1. The molecule has 2 fully saturated rings. The molecule has 21 heavy (non-hydrogen) atoms. The van der Waals surface area contributed by atoms with Crippen LogP contribution in [0.4, 0.5) is 0 Å². The van der Waals surface area contributed by atoms with Crippen LogP contribution in [0.3, 0.4) is 0 Å². The van der Waals surface area contributed by atoms with Gasteiger partial charge in [-0.15, -0.1) is 0 Å². The van der Waals surface area contributed by atoms with Crippen LogP contribution in [0.15, 0.2) is 0 Å². The SMILES string of the molecule is COC(=O)C1(NC(=O)C[C@@H]2CCC[C@H]2N)CCCCCC1. The third-order valence-electron chi connectivity index (χ3n) is 5.08. The molecule has 0 bridgehead atoms. The molecule has 2 aliphatic rings. The third kappa shape index (κ3) is 3.96. The highest BCUT2D eigenvalue weighted by Crippen LogP contribution is 2.30. The van der Waals surface area contributed by atoms with E-state index in [2.05, 4.69) is 5.32 Å². The van der Waals surface area contributed by atoms with Gasteiger partial charge in [-0.05, 0) is 31.6 Å². The molecule has 2 aliphatic carbocycles. The summed E-state index contributed by atoms with van der Waals surface area (Å²) in [7, 11) is 1.40. The zero-order valence-corrected chi connectivity index (χ0v) is 13.0. The molecule has 0 aromatic carbocycles. The molecule has 2 atom stereocenters. The first kappa shape index (κ1) is 16.3. The Morgan fingerprint density at radius 1 is 1.14 bits per heavy atom. The van der Waals surface area contributed by atoms with E-state index in [1.54, 1.807) is 0 Å². The number of carbonyl (C=O) groups is 2. The van der Waals surface area contributed by atoms with Gasteiger partial charge < -0.3 is 15.8 Å². The van der Waals surface area contributed by atoms with Gasteiger partial charge in [0.2, 0.25) is 5.91 Å². The van der Waals surface area contributed by atoms with E-state index in [1.165, 1.54) is 7.11 Å². The molecular weight excluding hydrogens is 268 g/mol. The smallest absolute Gasteiger partial charge is 0.331 e. The number of hydrogen-bond acceptors (Lipinski definition) is 4. The van der Waals surface area contributed by atoms with Gasteiger partial charge in [0.25, 0.3) is 0 Å². The van der Waals surface area contributed by atoms with Gasteiger partial charge in [0.05, 0.1) is 7.11 Å². The molecule has 0 aromatic rings. The largest absolute Gasteiger partial charge is 0.467 e. The second kappa shape index (κ2) is 7.25. The normalized spacial score (nSPS) is 28.7. The lowest BCUT2D eigenvalue weighted by Crippen LogP contribution is -2.55. The molecule has 5 nitrogen and oxygen atoms in total. The van der Waals surface area contributed by atoms with Crippen LogP contribution in [-0.4, -0.2) is 30.6 Å². The maximum absolute atomic E-state index is 12.4. The Hall–Kier alpha value is -1.10. The summed E-state index contributed by atoms with van der Waals surface area (Å²) in [5, 5.41) is 3.00. The molecule has 120 valence electrons. The van der Waals surface area contributed by atoms with E-state index >= 15 is 0 Å². The zero-order valence-electron chi connectivity index (χ0n) is 13.0. The Morgan fingerprint density at radius 2 is 1.81 bits per heavy atom. The van der Waals surface area contributed by atoms with Crippen LogP contribution in [0, 0.1) is 5.92 Å². The number of esters is 1. The van der Waals surface area contributed by atoms with Gasteiger partial charge in [-0.1, -0.05) is 32.1 Å². The Labute approximate surface area is 127 Å². The van der Waals surface area contributed by atoms with Crippen molar-refractivity contribution in [3.63, 3.8) is 0 Å². The number of methoxy groups -OCH3 is 1. The summed E-state index contributed by atoms with van der Waals surface area (Å²) in [6.07, 6.45) is 9.05. The molecule has 2 rings (SSSR count). The molecule has 0 unspecified atom stereocenters. The fraction of sp³-hybridized carbons (Fsp3) is 0.875. The molecule has 0 heterocycles. The Bertz CT molecular complexity index is 376. The molecule has 0 spiro atoms. The van der Waals surface area contributed by atoms with Crippen molar-refractivity contribution < 1.29 is 14.3 Å². The average molecular weight is 296 g/mol. The molecular formula is C16H28N2O3. The second-order valence-electron chi connectivity index (χ2n) is 6.60. The number of nitrogens with two attached hydrogens (primary N) is 1. The van der Waals surface area contributed by atoms with Crippen LogP contribution >= 0.6 is 0 Å².